The van der Waals surface area contributed by atoms with Gasteiger partial charge in [-0.3, -0.25) is 24.6 Å². The van der Waals surface area contributed by atoms with Crippen LogP contribution in [0.15, 0.2) is 30.3 Å². The van der Waals surface area contributed by atoms with Crippen molar-refractivity contribution in [3.8, 4) is 12.3 Å². The summed E-state index contributed by atoms with van der Waals surface area (Å²) in [6.07, 6.45) is 4.07. The Bertz CT molecular complexity index is 754. The van der Waals surface area contributed by atoms with Crippen molar-refractivity contribution in [1.29, 1.82) is 0 Å². The average Bonchev–Trinajstić information content (AvgIpc) is 2.88. The van der Waals surface area contributed by atoms with Crippen LogP contribution in [0.1, 0.15) is 18.4 Å². The number of nitro groups is 1. The van der Waals surface area contributed by atoms with Gasteiger partial charge in [-0.05, 0) is 5.56 Å². The number of carbonyl (C=O) groups excluding carboxylic acids is 3. The number of esters is 1. The highest BCUT2D eigenvalue weighted by Crippen LogP contribution is 2.36. The molecule has 25 heavy (non-hydrogen) atoms. The first-order valence-electron chi connectivity index (χ1n) is 7.43. The molecule has 0 spiro atoms. The topological polar surface area (TPSA) is 107 Å². The van der Waals surface area contributed by atoms with Gasteiger partial charge >= 0.3 is 11.5 Å². The van der Waals surface area contributed by atoms with Crippen LogP contribution in [0.25, 0.3) is 0 Å². The lowest BCUT2D eigenvalue weighted by Gasteiger charge is -2.25. The summed E-state index contributed by atoms with van der Waals surface area (Å²) < 4.78 is 4.52. The molecule has 1 heterocycles. The van der Waals surface area contributed by atoms with Gasteiger partial charge in [0.15, 0.2) is 0 Å². The number of likely N-dealkylation sites (tertiary alicyclic amines) is 1. The number of carbonyl (C=O) groups is 3. The predicted molar refractivity (Wildman–Crippen MR) is 85.3 cm³/mol. The third-order valence-electron chi connectivity index (χ3n) is 4.24. The zero-order valence-corrected chi connectivity index (χ0v) is 13.5. The average molecular weight is 344 g/mol. The third-order valence-corrected chi connectivity index (χ3v) is 4.24. The molecule has 0 unspecified atom stereocenters. The van der Waals surface area contributed by atoms with Crippen LogP contribution in [0.3, 0.4) is 0 Å². The molecule has 0 saturated carbocycles. The molecular weight excluding hydrogens is 328 g/mol. The molecule has 2 atom stereocenters. The van der Waals surface area contributed by atoms with Gasteiger partial charge in [0.2, 0.25) is 11.8 Å². The van der Waals surface area contributed by atoms with Crippen LogP contribution in [0.4, 0.5) is 0 Å². The molecule has 0 N–H and O–H groups in total. The van der Waals surface area contributed by atoms with Gasteiger partial charge < -0.3 is 4.74 Å². The highest BCUT2D eigenvalue weighted by Gasteiger charge is 2.65. The van der Waals surface area contributed by atoms with Crippen molar-refractivity contribution in [2.45, 2.75) is 24.9 Å². The highest BCUT2D eigenvalue weighted by molar-refractivity contribution is 6.06. The van der Waals surface area contributed by atoms with E-state index in [1.807, 2.05) is 0 Å². The molecule has 0 bridgehead atoms. The first-order valence-corrected chi connectivity index (χ1v) is 7.43. The minimum atomic E-state index is -2.47. The summed E-state index contributed by atoms with van der Waals surface area (Å²) in [6, 6.07) is 8.70. The van der Waals surface area contributed by atoms with E-state index >= 15 is 0 Å². The Morgan fingerprint density at radius 2 is 2.08 bits per heavy atom. The molecule has 0 radical (unpaired) electrons. The van der Waals surface area contributed by atoms with Crippen molar-refractivity contribution in [2.24, 2.45) is 5.92 Å². The van der Waals surface area contributed by atoms with E-state index in [-0.39, 0.29) is 6.54 Å². The van der Waals surface area contributed by atoms with E-state index in [0.717, 1.165) is 12.0 Å². The number of amides is 2. The minimum absolute atomic E-state index is 0.0278. The van der Waals surface area contributed by atoms with Crippen LogP contribution in [-0.2, 0) is 25.7 Å². The summed E-state index contributed by atoms with van der Waals surface area (Å²) >= 11 is 0. The Labute approximate surface area is 143 Å². The third kappa shape index (κ3) is 3.08. The number of hydrogen-bond donors (Lipinski definition) is 0. The van der Waals surface area contributed by atoms with Crippen LogP contribution in [0.2, 0.25) is 0 Å². The molecule has 1 aliphatic heterocycles. The second kappa shape index (κ2) is 7.13. The standard InChI is InChI=1S/C17H16N2O6/c1-3-9-17(19(23)24,16(22)25-2)13-10-14(20)18(15(13)21)11-12-7-5-4-6-8-12/h1,4-8,13H,9-11H2,2H3/t13-,17+/m1/s1. The molecular formula is C17H16N2O6. The van der Waals surface area contributed by atoms with E-state index in [9.17, 15) is 24.5 Å². The van der Waals surface area contributed by atoms with E-state index in [2.05, 4.69) is 10.7 Å². The first-order chi connectivity index (χ1) is 11.9. The number of ether oxygens (including phenoxy) is 1. The van der Waals surface area contributed by atoms with E-state index in [0.29, 0.717) is 5.56 Å². The minimum Gasteiger partial charge on any atom is -0.464 e. The number of benzene rings is 1. The van der Waals surface area contributed by atoms with E-state index in [1.165, 1.54) is 0 Å². The highest BCUT2D eigenvalue weighted by atomic mass is 16.6. The predicted octanol–water partition coefficient (Wildman–Crippen LogP) is 0.774. The molecule has 0 aromatic heterocycles. The Morgan fingerprint density at radius 3 is 2.60 bits per heavy atom. The van der Waals surface area contributed by atoms with Gasteiger partial charge in [-0.15, -0.1) is 6.42 Å². The van der Waals surface area contributed by atoms with Crippen LogP contribution in [0.5, 0.6) is 0 Å². The normalized spacial score (nSPS) is 19.2. The zero-order valence-electron chi connectivity index (χ0n) is 13.5. The van der Waals surface area contributed by atoms with Gasteiger partial charge in [0.1, 0.15) is 5.92 Å². The van der Waals surface area contributed by atoms with Crippen molar-refractivity contribution in [1.82, 2.24) is 4.90 Å². The maximum Gasteiger partial charge on any atom is 0.386 e. The van der Waals surface area contributed by atoms with Gasteiger partial charge in [0.25, 0.3) is 0 Å². The summed E-state index contributed by atoms with van der Waals surface area (Å²) in [5.74, 6) is -2.07. The zero-order chi connectivity index (χ0) is 18.6. The summed E-state index contributed by atoms with van der Waals surface area (Å²) in [7, 11) is 0.972. The van der Waals surface area contributed by atoms with Gasteiger partial charge in [0, 0.05) is 11.3 Å². The molecule has 1 saturated heterocycles. The van der Waals surface area contributed by atoms with Crippen molar-refractivity contribution < 1.29 is 24.0 Å². The molecule has 8 nitrogen and oxygen atoms in total. The molecule has 2 rings (SSSR count). The summed E-state index contributed by atoms with van der Waals surface area (Å²) in [5, 5.41) is 11.6. The maximum atomic E-state index is 12.7. The van der Waals surface area contributed by atoms with Gasteiger partial charge in [-0.2, -0.15) is 0 Å². The quantitative estimate of drug-likeness (QED) is 0.248. The summed E-state index contributed by atoms with van der Waals surface area (Å²) in [4.78, 5) is 48.7. The Balaban J connectivity index is 2.39. The fourth-order valence-electron chi connectivity index (χ4n) is 2.92. The van der Waals surface area contributed by atoms with Crippen LogP contribution >= 0.6 is 0 Å². The fourth-order valence-corrected chi connectivity index (χ4v) is 2.92. The van der Waals surface area contributed by atoms with E-state index in [1.54, 1.807) is 30.3 Å². The van der Waals surface area contributed by atoms with Gasteiger partial charge in [-0.1, -0.05) is 36.3 Å². The van der Waals surface area contributed by atoms with E-state index in [4.69, 9.17) is 6.42 Å². The number of terminal acetylenes is 1. The largest absolute Gasteiger partial charge is 0.464 e. The number of methoxy groups -OCH3 is 1. The molecule has 1 aromatic carbocycles. The number of rotatable bonds is 6. The van der Waals surface area contributed by atoms with Gasteiger partial charge in [0.05, 0.1) is 20.1 Å². The summed E-state index contributed by atoms with van der Waals surface area (Å²) in [5.41, 5.74) is -1.78. The van der Waals surface area contributed by atoms with Crippen LogP contribution < -0.4 is 0 Å². The van der Waals surface area contributed by atoms with Crippen LogP contribution in [0, 0.1) is 28.4 Å². The van der Waals surface area contributed by atoms with Crippen LogP contribution in [-0.4, -0.2) is 40.3 Å². The Hall–Kier alpha value is -3.21. The molecule has 2 amide bonds. The lowest BCUT2D eigenvalue weighted by Crippen LogP contribution is -2.55. The fraction of sp³-hybridized carbons (Fsp3) is 0.353. The number of nitrogens with zero attached hydrogens (tertiary/aromatic N) is 2. The maximum absolute atomic E-state index is 12.7. The SMILES string of the molecule is C#CC[C@@](C(=O)OC)([C@@H]1CC(=O)N(Cc2ccccc2)C1=O)[N+](=O)[O-]. The number of hydrogen-bond acceptors (Lipinski definition) is 6. The van der Waals surface area contributed by atoms with Gasteiger partial charge in [-0.25, -0.2) is 4.79 Å². The lowest BCUT2D eigenvalue weighted by molar-refractivity contribution is -0.561. The van der Waals surface area contributed by atoms with Crippen molar-refractivity contribution in [3.05, 3.63) is 46.0 Å². The van der Waals surface area contributed by atoms with Crippen molar-refractivity contribution in [2.75, 3.05) is 7.11 Å². The van der Waals surface area contributed by atoms with Crippen molar-refractivity contribution >= 4 is 17.8 Å². The number of imide groups is 1. The molecule has 0 aliphatic carbocycles. The molecule has 8 heteroatoms. The smallest absolute Gasteiger partial charge is 0.386 e. The Kier molecular flexibility index (Phi) is 5.17. The second-order valence-electron chi connectivity index (χ2n) is 5.61. The molecule has 1 aromatic rings. The monoisotopic (exact) mass is 344 g/mol. The summed E-state index contributed by atoms with van der Waals surface area (Å²) in [6.45, 7) is -0.0278. The van der Waals surface area contributed by atoms with Crippen molar-refractivity contribution in [3.63, 3.8) is 0 Å². The molecule has 1 fully saturated rings. The van der Waals surface area contributed by atoms with E-state index < -0.39 is 47.0 Å². The lowest BCUT2D eigenvalue weighted by atomic mass is 9.80. The second-order valence-corrected chi connectivity index (χ2v) is 5.61. The first kappa shape index (κ1) is 18.1. The molecule has 130 valence electrons. The molecule has 1 aliphatic rings. The Morgan fingerprint density at radius 1 is 1.44 bits per heavy atom.